The Hall–Kier alpha value is -2.66. The Morgan fingerprint density at radius 3 is 2.85 bits per heavy atom. The number of rotatable bonds is 5. The van der Waals surface area contributed by atoms with Gasteiger partial charge in [-0.2, -0.15) is 0 Å². The smallest absolute Gasteiger partial charge is 0.230 e. The quantitative estimate of drug-likeness (QED) is 0.746. The molecule has 2 atom stereocenters. The summed E-state index contributed by atoms with van der Waals surface area (Å²) in [6.07, 6.45) is 2.62. The first-order valence-electron chi connectivity index (χ1n) is 9.57. The molecule has 140 valence electrons. The molecule has 0 aliphatic carbocycles. The van der Waals surface area contributed by atoms with Crippen molar-refractivity contribution in [3.8, 4) is 0 Å². The zero-order chi connectivity index (χ0) is 18.8. The van der Waals surface area contributed by atoms with Gasteiger partial charge >= 0.3 is 0 Å². The van der Waals surface area contributed by atoms with Gasteiger partial charge in [0.1, 0.15) is 5.69 Å². The van der Waals surface area contributed by atoms with Crippen LogP contribution in [0.4, 0.5) is 5.69 Å². The number of hydrogen-bond donors (Lipinski definition) is 1. The molecule has 1 unspecified atom stereocenters. The Balaban J connectivity index is 1.71. The molecule has 27 heavy (non-hydrogen) atoms. The molecule has 4 rings (SSSR count). The van der Waals surface area contributed by atoms with E-state index in [0.29, 0.717) is 12.6 Å². The summed E-state index contributed by atoms with van der Waals surface area (Å²) in [6, 6.07) is 16.3. The maximum Gasteiger partial charge on any atom is 0.230 e. The van der Waals surface area contributed by atoms with Gasteiger partial charge in [-0.15, -0.1) is 0 Å². The Morgan fingerprint density at radius 1 is 1.22 bits per heavy atom. The maximum absolute atomic E-state index is 13.5. The van der Waals surface area contributed by atoms with Crippen molar-refractivity contribution in [3.05, 3.63) is 59.8 Å². The predicted molar refractivity (Wildman–Crippen MR) is 107 cm³/mol. The SMILES string of the molecule is CN[C@@H](C)CC1CCc2ccccc2N(Cc2noc3ccccc23)C1=O. The molecule has 2 heterocycles. The molecule has 2 aromatic carbocycles. The molecule has 0 saturated carbocycles. The van der Waals surface area contributed by atoms with Crippen LogP contribution in [0.2, 0.25) is 0 Å². The highest BCUT2D eigenvalue weighted by Gasteiger charge is 2.31. The molecular weight excluding hydrogens is 338 g/mol. The van der Waals surface area contributed by atoms with Crippen LogP contribution in [0.5, 0.6) is 0 Å². The second-order valence-corrected chi connectivity index (χ2v) is 7.34. The van der Waals surface area contributed by atoms with Gasteiger partial charge in [-0.3, -0.25) is 4.79 Å². The number of carbonyl (C=O) groups is 1. The second kappa shape index (κ2) is 7.53. The van der Waals surface area contributed by atoms with Crippen molar-refractivity contribution in [2.75, 3.05) is 11.9 Å². The minimum atomic E-state index is -0.00184. The fourth-order valence-electron chi connectivity index (χ4n) is 3.91. The van der Waals surface area contributed by atoms with Gasteiger partial charge < -0.3 is 14.7 Å². The third-order valence-electron chi connectivity index (χ3n) is 5.55. The lowest BCUT2D eigenvalue weighted by atomic mass is 9.94. The molecule has 1 aromatic heterocycles. The van der Waals surface area contributed by atoms with E-state index in [1.165, 1.54) is 5.56 Å². The van der Waals surface area contributed by atoms with Gasteiger partial charge in [0.2, 0.25) is 5.91 Å². The van der Waals surface area contributed by atoms with E-state index in [-0.39, 0.29) is 11.8 Å². The van der Waals surface area contributed by atoms with E-state index in [4.69, 9.17) is 4.52 Å². The normalized spacial score (nSPS) is 18.4. The number of benzene rings is 2. The molecule has 0 saturated heterocycles. The fourth-order valence-corrected chi connectivity index (χ4v) is 3.91. The topological polar surface area (TPSA) is 58.4 Å². The minimum Gasteiger partial charge on any atom is -0.356 e. The number of fused-ring (bicyclic) bond motifs is 2. The monoisotopic (exact) mass is 363 g/mol. The van der Waals surface area contributed by atoms with Crippen molar-refractivity contribution >= 4 is 22.6 Å². The van der Waals surface area contributed by atoms with Crippen molar-refractivity contribution in [2.24, 2.45) is 5.92 Å². The van der Waals surface area contributed by atoms with Crippen molar-refractivity contribution < 1.29 is 9.32 Å². The molecule has 0 fully saturated rings. The lowest BCUT2D eigenvalue weighted by Crippen LogP contribution is -2.37. The summed E-state index contributed by atoms with van der Waals surface area (Å²) < 4.78 is 5.46. The Kier molecular flexibility index (Phi) is 4.94. The Labute approximate surface area is 159 Å². The van der Waals surface area contributed by atoms with Crippen LogP contribution in [-0.4, -0.2) is 24.2 Å². The van der Waals surface area contributed by atoms with Crippen LogP contribution in [-0.2, 0) is 17.8 Å². The van der Waals surface area contributed by atoms with Crippen molar-refractivity contribution in [1.82, 2.24) is 10.5 Å². The fraction of sp³-hybridized carbons (Fsp3) is 0.364. The first-order valence-corrected chi connectivity index (χ1v) is 9.57. The van der Waals surface area contributed by atoms with Crippen LogP contribution < -0.4 is 10.2 Å². The first-order chi connectivity index (χ1) is 13.2. The second-order valence-electron chi connectivity index (χ2n) is 7.34. The van der Waals surface area contributed by atoms with Crippen LogP contribution in [0.15, 0.2) is 53.1 Å². The Morgan fingerprint density at radius 2 is 2.00 bits per heavy atom. The predicted octanol–water partition coefficient (Wildman–Crippen LogP) is 3.92. The molecule has 1 aliphatic heterocycles. The number of hydrogen-bond acceptors (Lipinski definition) is 4. The molecule has 0 bridgehead atoms. The zero-order valence-corrected chi connectivity index (χ0v) is 15.8. The lowest BCUT2D eigenvalue weighted by molar-refractivity contribution is -0.123. The summed E-state index contributed by atoms with van der Waals surface area (Å²) in [6.45, 7) is 2.55. The maximum atomic E-state index is 13.5. The average Bonchev–Trinajstić information content (AvgIpc) is 3.06. The standard InChI is InChI=1S/C22H25N3O2/c1-15(23-2)13-17-12-11-16-7-3-5-9-20(16)25(22(17)26)14-19-18-8-4-6-10-21(18)27-24-19/h3-10,15,17,23H,11-14H2,1-2H3/t15-,17?/m0/s1. The van der Waals surface area contributed by atoms with E-state index < -0.39 is 0 Å². The minimum absolute atomic E-state index is 0.00184. The summed E-state index contributed by atoms with van der Waals surface area (Å²) >= 11 is 0. The lowest BCUT2D eigenvalue weighted by Gasteiger charge is -2.26. The van der Waals surface area contributed by atoms with E-state index in [1.807, 2.05) is 54.4 Å². The number of aryl methyl sites for hydroxylation is 1. The van der Waals surface area contributed by atoms with Gasteiger partial charge in [0.15, 0.2) is 5.58 Å². The summed E-state index contributed by atoms with van der Waals surface area (Å²) in [5, 5.41) is 8.47. The summed E-state index contributed by atoms with van der Waals surface area (Å²) in [7, 11) is 1.94. The molecule has 5 nitrogen and oxygen atoms in total. The number of aromatic nitrogens is 1. The van der Waals surface area contributed by atoms with E-state index in [2.05, 4.69) is 23.5 Å². The van der Waals surface area contributed by atoms with Crippen molar-refractivity contribution in [1.29, 1.82) is 0 Å². The van der Waals surface area contributed by atoms with Gasteiger partial charge in [0.05, 0.1) is 6.54 Å². The van der Waals surface area contributed by atoms with Gasteiger partial charge in [-0.05, 0) is 57.0 Å². The number of anilines is 1. The summed E-state index contributed by atoms with van der Waals surface area (Å²) in [5.74, 6) is 0.173. The largest absolute Gasteiger partial charge is 0.356 e. The molecule has 1 amide bonds. The number of amides is 1. The highest BCUT2D eigenvalue weighted by Crippen LogP contribution is 2.33. The van der Waals surface area contributed by atoms with Gasteiger partial charge in [-0.1, -0.05) is 35.5 Å². The third-order valence-corrected chi connectivity index (χ3v) is 5.55. The van der Waals surface area contributed by atoms with Gasteiger partial charge in [0, 0.05) is 23.0 Å². The average molecular weight is 363 g/mol. The van der Waals surface area contributed by atoms with E-state index in [0.717, 1.165) is 41.6 Å². The van der Waals surface area contributed by atoms with Crippen LogP contribution >= 0.6 is 0 Å². The van der Waals surface area contributed by atoms with Crippen LogP contribution in [0.25, 0.3) is 11.0 Å². The molecule has 0 radical (unpaired) electrons. The third kappa shape index (κ3) is 3.47. The first kappa shape index (κ1) is 17.7. The Bertz CT molecular complexity index is 949. The molecule has 1 aliphatic rings. The van der Waals surface area contributed by atoms with E-state index in [1.54, 1.807) is 0 Å². The zero-order valence-electron chi connectivity index (χ0n) is 15.8. The number of para-hydroxylation sites is 2. The molecule has 1 N–H and O–H groups in total. The highest BCUT2D eigenvalue weighted by molar-refractivity contribution is 5.97. The van der Waals surface area contributed by atoms with Gasteiger partial charge in [-0.25, -0.2) is 0 Å². The molecule has 5 heteroatoms. The number of nitrogens with zero attached hydrogens (tertiary/aromatic N) is 2. The molecular formula is C22H25N3O2. The number of nitrogens with one attached hydrogen (secondary N) is 1. The van der Waals surface area contributed by atoms with E-state index >= 15 is 0 Å². The van der Waals surface area contributed by atoms with Crippen molar-refractivity contribution in [2.45, 2.75) is 38.8 Å². The molecule has 3 aromatic rings. The highest BCUT2D eigenvalue weighted by atomic mass is 16.5. The summed E-state index contributed by atoms with van der Waals surface area (Å²) in [5.41, 5.74) is 3.77. The van der Waals surface area contributed by atoms with Crippen LogP contribution in [0.3, 0.4) is 0 Å². The van der Waals surface area contributed by atoms with E-state index in [9.17, 15) is 4.79 Å². The van der Waals surface area contributed by atoms with Crippen molar-refractivity contribution in [3.63, 3.8) is 0 Å². The summed E-state index contributed by atoms with van der Waals surface area (Å²) in [4.78, 5) is 15.4. The van der Waals surface area contributed by atoms with Gasteiger partial charge in [0.25, 0.3) is 0 Å². The number of carbonyl (C=O) groups excluding carboxylic acids is 1. The van der Waals surface area contributed by atoms with Crippen LogP contribution in [0, 0.1) is 5.92 Å². The molecule has 0 spiro atoms. The van der Waals surface area contributed by atoms with Crippen LogP contribution in [0.1, 0.15) is 31.0 Å².